The first-order valence-electron chi connectivity index (χ1n) is 5.13. The molecule has 4 nitrogen and oxygen atoms in total. The maximum absolute atomic E-state index is 11.2. The summed E-state index contributed by atoms with van der Waals surface area (Å²) in [5, 5.41) is 0. The van der Waals surface area contributed by atoms with Gasteiger partial charge in [0, 0.05) is 29.0 Å². The zero-order chi connectivity index (χ0) is 11.8. The van der Waals surface area contributed by atoms with Crippen LogP contribution in [0.2, 0.25) is 0 Å². The van der Waals surface area contributed by atoms with Crippen LogP contribution in [-0.2, 0) is 0 Å². The quantitative estimate of drug-likeness (QED) is 0.650. The van der Waals surface area contributed by atoms with Crippen molar-refractivity contribution in [1.29, 1.82) is 0 Å². The van der Waals surface area contributed by atoms with Crippen LogP contribution in [0.5, 0.6) is 0 Å². The first kappa shape index (κ1) is 10.2. The number of pyridine rings is 1. The predicted octanol–water partition coefficient (Wildman–Crippen LogP) is 2.58. The van der Waals surface area contributed by atoms with E-state index in [9.17, 15) is 4.79 Å². The van der Waals surface area contributed by atoms with Gasteiger partial charge < -0.3 is 0 Å². The Bertz CT molecular complexity index is 684. The van der Waals surface area contributed by atoms with Crippen molar-refractivity contribution in [3.05, 3.63) is 41.3 Å². The molecule has 17 heavy (non-hydrogen) atoms. The molecule has 0 unspecified atom stereocenters. The molecule has 0 saturated heterocycles. The van der Waals surface area contributed by atoms with Crippen LogP contribution < -0.4 is 0 Å². The Kier molecular flexibility index (Phi) is 2.26. The Hall–Kier alpha value is -2.01. The van der Waals surface area contributed by atoms with Gasteiger partial charge in [0.25, 0.3) is 0 Å². The second kappa shape index (κ2) is 3.78. The van der Waals surface area contributed by atoms with Crippen molar-refractivity contribution in [2.24, 2.45) is 0 Å². The van der Waals surface area contributed by atoms with Crippen LogP contribution in [0.15, 0.2) is 30.7 Å². The maximum Gasteiger partial charge on any atom is 0.195 e. The summed E-state index contributed by atoms with van der Waals surface area (Å²) in [6.07, 6.45) is 6.18. The molecule has 0 N–H and O–H groups in total. The lowest BCUT2D eigenvalue weighted by atomic mass is 10.2. The molecule has 0 bridgehead atoms. The third-order valence-electron chi connectivity index (χ3n) is 2.53. The van der Waals surface area contributed by atoms with E-state index in [1.807, 2.05) is 29.7 Å². The van der Waals surface area contributed by atoms with Gasteiger partial charge in [0.2, 0.25) is 0 Å². The van der Waals surface area contributed by atoms with Crippen molar-refractivity contribution in [1.82, 2.24) is 14.4 Å². The molecule has 0 fully saturated rings. The van der Waals surface area contributed by atoms with Crippen molar-refractivity contribution in [3.63, 3.8) is 0 Å². The van der Waals surface area contributed by atoms with Gasteiger partial charge in [-0.3, -0.25) is 14.2 Å². The molecule has 5 heteroatoms. The molecule has 0 spiro atoms. The van der Waals surface area contributed by atoms with Crippen LogP contribution in [-0.4, -0.2) is 20.7 Å². The molecule has 3 aromatic rings. The van der Waals surface area contributed by atoms with Crippen molar-refractivity contribution in [2.75, 3.05) is 0 Å². The van der Waals surface area contributed by atoms with Crippen LogP contribution in [0.3, 0.4) is 0 Å². The minimum atomic E-state index is 0.581. The largest absolute Gasteiger partial charge is 0.296 e. The van der Waals surface area contributed by atoms with E-state index in [4.69, 9.17) is 0 Å². The molecule has 84 valence electrons. The number of aldehydes is 1. The SMILES string of the molecule is Cc1cn2c(C=O)c(-c3cccnc3)nc2s1. The summed E-state index contributed by atoms with van der Waals surface area (Å²) in [4.78, 5) is 21.7. The van der Waals surface area contributed by atoms with Crippen molar-refractivity contribution < 1.29 is 4.79 Å². The zero-order valence-corrected chi connectivity index (χ0v) is 9.94. The fourth-order valence-corrected chi connectivity index (χ4v) is 2.63. The Morgan fingerprint density at radius 1 is 1.47 bits per heavy atom. The Morgan fingerprint density at radius 3 is 3.06 bits per heavy atom. The molecular weight excluding hydrogens is 234 g/mol. The molecule has 0 aliphatic heterocycles. The van der Waals surface area contributed by atoms with Gasteiger partial charge in [0.05, 0.1) is 0 Å². The standard InChI is InChI=1S/C12H9N3OS/c1-8-6-15-10(7-16)11(14-12(15)17-8)9-3-2-4-13-5-9/h2-7H,1H3. The number of aromatic nitrogens is 3. The van der Waals surface area contributed by atoms with Crippen LogP contribution in [0, 0.1) is 6.92 Å². The number of thiazole rings is 1. The van der Waals surface area contributed by atoms with E-state index in [1.54, 1.807) is 23.7 Å². The summed E-state index contributed by atoms with van der Waals surface area (Å²) < 4.78 is 1.83. The summed E-state index contributed by atoms with van der Waals surface area (Å²) in [6.45, 7) is 2.00. The number of hydrogen-bond acceptors (Lipinski definition) is 4. The van der Waals surface area contributed by atoms with Crippen LogP contribution >= 0.6 is 11.3 Å². The van der Waals surface area contributed by atoms with Gasteiger partial charge in [-0.2, -0.15) is 0 Å². The van der Waals surface area contributed by atoms with Crippen molar-refractivity contribution in [3.8, 4) is 11.3 Å². The normalized spacial score (nSPS) is 10.9. The van der Waals surface area contributed by atoms with Crippen LogP contribution in [0.1, 0.15) is 15.4 Å². The number of fused-ring (bicyclic) bond motifs is 1. The Morgan fingerprint density at radius 2 is 2.35 bits per heavy atom. The predicted molar refractivity (Wildman–Crippen MR) is 66.4 cm³/mol. The molecule has 0 aliphatic rings. The number of imidazole rings is 1. The molecule has 3 aromatic heterocycles. The number of aryl methyl sites for hydroxylation is 1. The summed E-state index contributed by atoms with van der Waals surface area (Å²) in [5.41, 5.74) is 2.14. The highest BCUT2D eigenvalue weighted by Gasteiger charge is 2.14. The number of rotatable bonds is 2. The molecule has 0 amide bonds. The van der Waals surface area contributed by atoms with E-state index in [-0.39, 0.29) is 0 Å². The van der Waals surface area contributed by atoms with Gasteiger partial charge in [0.1, 0.15) is 11.4 Å². The zero-order valence-electron chi connectivity index (χ0n) is 9.12. The van der Waals surface area contributed by atoms with Gasteiger partial charge in [-0.1, -0.05) is 0 Å². The average Bonchev–Trinajstić information content (AvgIpc) is 2.85. The summed E-state index contributed by atoms with van der Waals surface area (Å²) in [5.74, 6) is 0. The van der Waals surface area contributed by atoms with E-state index in [0.29, 0.717) is 11.4 Å². The highest BCUT2D eigenvalue weighted by Crippen LogP contribution is 2.26. The number of carbonyl (C=O) groups excluding carboxylic acids is 1. The lowest BCUT2D eigenvalue weighted by molar-refractivity contribution is 0.111. The monoisotopic (exact) mass is 243 g/mol. The molecule has 0 saturated carbocycles. The highest BCUT2D eigenvalue weighted by atomic mass is 32.1. The van der Waals surface area contributed by atoms with E-state index < -0.39 is 0 Å². The fraction of sp³-hybridized carbons (Fsp3) is 0.0833. The van der Waals surface area contributed by atoms with Crippen LogP contribution in [0.25, 0.3) is 16.2 Å². The number of nitrogens with zero attached hydrogens (tertiary/aromatic N) is 3. The van der Waals surface area contributed by atoms with E-state index >= 15 is 0 Å². The van der Waals surface area contributed by atoms with Gasteiger partial charge in [0.15, 0.2) is 11.2 Å². The lowest BCUT2D eigenvalue weighted by Crippen LogP contribution is -1.90. The first-order chi connectivity index (χ1) is 8.29. The Labute approximate surface area is 102 Å². The molecule has 3 rings (SSSR count). The van der Waals surface area contributed by atoms with E-state index in [2.05, 4.69) is 9.97 Å². The first-order valence-corrected chi connectivity index (χ1v) is 5.95. The van der Waals surface area contributed by atoms with Crippen molar-refractivity contribution in [2.45, 2.75) is 6.92 Å². The fourth-order valence-electron chi connectivity index (χ4n) is 1.80. The second-order valence-corrected chi connectivity index (χ2v) is 4.91. The summed E-state index contributed by atoms with van der Waals surface area (Å²) >= 11 is 1.57. The minimum Gasteiger partial charge on any atom is -0.296 e. The minimum absolute atomic E-state index is 0.581. The summed E-state index contributed by atoms with van der Waals surface area (Å²) in [7, 11) is 0. The molecule has 3 heterocycles. The van der Waals surface area contributed by atoms with E-state index in [1.165, 1.54) is 0 Å². The molecule has 0 radical (unpaired) electrons. The molecule has 0 aliphatic carbocycles. The Balaban J connectivity index is 2.30. The average molecular weight is 243 g/mol. The smallest absolute Gasteiger partial charge is 0.195 e. The van der Waals surface area contributed by atoms with Gasteiger partial charge in [-0.15, -0.1) is 11.3 Å². The maximum atomic E-state index is 11.2. The molecular formula is C12H9N3OS. The van der Waals surface area contributed by atoms with E-state index in [0.717, 1.165) is 21.7 Å². The molecule has 0 aromatic carbocycles. The lowest BCUT2D eigenvalue weighted by Gasteiger charge is -1.96. The summed E-state index contributed by atoms with van der Waals surface area (Å²) in [6, 6.07) is 3.74. The topological polar surface area (TPSA) is 47.3 Å². The van der Waals surface area contributed by atoms with Gasteiger partial charge in [-0.25, -0.2) is 4.98 Å². The van der Waals surface area contributed by atoms with Crippen molar-refractivity contribution >= 4 is 22.6 Å². The second-order valence-electron chi connectivity index (χ2n) is 3.70. The number of hydrogen-bond donors (Lipinski definition) is 0. The number of carbonyl (C=O) groups is 1. The van der Waals surface area contributed by atoms with Gasteiger partial charge in [-0.05, 0) is 19.1 Å². The highest BCUT2D eigenvalue weighted by molar-refractivity contribution is 7.17. The van der Waals surface area contributed by atoms with Crippen LogP contribution in [0.4, 0.5) is 0 Å². The van der Waals surface area contributed by atoms with Gasteiger partial charge >= 0.3 is 0 Å². The third kappa shape index (κ3) is 1.55. The third-order valence-corrected chi connectivity index (χ3v) is 3.42. The molecule has 0 atom stereocenters.